The fraction of sp³-hybridized carbons (Fsp3) is 0.615. The van der Waals surface area contributed by atoms with Crippen LogP contribution in [0.4, 0.5) is 0 Å². The Hall–Kier alpha value is -0.930. The summed E-state index contributed by atoms with van der Waals surface area (Å²) in [7, 11) is 0. The van der Waals surface area contributed by atoms with E-state index in [4.69, 9.17) is 4.74 Å². The Balaban J connectivity index is 2.14. The van der Waals surface area contributed by atoms with Gasteiger partial charge >= 0.3 is 0 Å². The predicted molar refractivity (Wildman–Crippen MR) is 66.3 cm³/mol. The second-order valence-corrected chi connectivity index (χ2v) is 4.40. The van der Waals surface area contributed by atoms with E-state index in [1.165, 1.54) is 0 Å². The van der Waals surface area contributed by atoms with Gasteiger partial charge in [-0.05, 0) is 25.0 Å². The van der Waals surface area contributed by atoms with Crippen LogP contribution in [0.5, 0.6) is 0 Å². The number of nitrogens with zero attached hydrogens (tertiary/aromatic N) is 1. The van der Waals surface area contributed by atoms with Gasteiger partial charge in [-0.1, -0.05) is 19.9 Å². The number of aromatic nitrogens is 1. The van der Waals surface area contributed by atoms with Crippen molar-refractivity contribution in [3.05, 3.63) is 30.1 Å². The summed E-state index contributed by atoms with van der Waals surface area (Å²) >= 11 is 0. The number of hydrogen-bond acceptors (Lipinski definition) is 3. The Morgan fingerprint density at radius 3 is 2.75 bits per heavy atom. The Bertz CT molecular complexity index is 275. The summed E-state index contributed by atoms with van der Waals surface area (Å²) < 4.78 is 5.50. The summed E-state index contributed by atoms with van der Waals surface area (Å²) in [6.07, 6.45) is 1.82. The molecule has 1 aromatic rings. The Morgan fingerprint density at radius 1 is 1.31 bits per heavy atom. The molecule has 0 aliphatic carbocycles. The molecule has 0 radical (unpaired) electrons. The Kier molecular flexibility index (Phi) is 6.04. The lowest BCUT2D eigenvalue weighted by molar-refractivity contribution is 0.110. The van der Waals surface area contributed by atoms with E-state index >= 15 is 0 Å². The van der Waals surface area contributed by atoms with Gasteiger partial charge in [0, 0.05) is 25.4 Å². The van der Waals surface area contributed by atoms with Gasteiger partial charge < -0.3 is 10.1 Å². The highest BCUT2D eigenvalue weighted by Gasteiger charge is 2.04. The van der Waals surface area contributed by atoms with Gasteiger partial charge in [-0.15, -0.1) is 0 Å². The third-order valence-corrected chi connectivity index (χ3v) is 2.28. The minimum Gasteiger partial charge on any atom is -0.380 e. The van der Waals surface area contributed by atoms with Crippen LogP contribution in [0.1, 0.15) is 32.5 Å². The van der Waals surface area contributed by atoms with Crippen LogP contribution in [0.2, 0.25) is 0 Å². The average molecular weight is 222 g/mol. The zero-order valence-corrected chi connectivity index (χ0v) is 10.4. The van der Waals surface area contributed by atoms with Crippen molar-refractivity contribution in [3.63, 3.8) is 0 Å². The molecule has 3 heteroatoms. The molecule has 0 amide bonds. The fourth-order valence-electron chi connectivity index (χ4n) is 1.40. The first-order chi connectivity index (χ1) is 7.70. The summed E-state index contributed by atoms with van der Waals surface area (Å²) in [5.41, 5.74) is 1.08. The maximum Gasteiger partial charge on any atom is 0.0591 e. The Labute approximate surface area is 98.2 Å². The first kappa shape index (κ1) is 13.1. The fourth-order valence-corrected chi connectivity index (χ4v) is 1.40. The van der Waals surface area contributed by atoms with Crippen LogP contribution in [0.3, 0.4) is 0 Å². The van der Waals surface area contributed by atoms with E-state index in [2.05, 4.69) is 31.1 Å². The number of ether oxygens (including phenoxy) is 1. The van der Waals surface area contributed by atoms with Crippen molar-refractivity contribution in [1.82, 2.24) is 10.3 Å². The zero-order valence-electron chi connectivity index (χ0n) is 10.4. The van der Waals surface area contributed by atoms with Crippen molar-refractivity contribution < 1.29 is 4.74 Å². The lowest BCUT2D eigenvalue weighted by Gasteiger charge is -2.13. The molecule has 90 valence electrons. The van der Waals surface area contributed by atoms with Crippen LogP contribution in [-0.2, 0) is 4.74 Å². The summed E-state index contributed by atoms with van der Waals surface area (Å²) in [5, 5.41) is 3.39. The van der Waals surface area contributed by atoms with Crippen LogP contribution >= 0.6 is 0 Å². The van der Waals surface area contributed by atoms with Crippen LogP contribution in [0.25, 0.3) is 0 Å². The van der Waals surface area contributed by atoms with E-state index < -0.39 is 0 Å². The first-order valence-corrected chi connectivity index (χ1v) is 5.92. The highest BCUT2D eigenvalue weighted by Crippen LogP contribution is 2.06. The monoisotopic (exact) mass is 222 g/mol. The van der Waals surface area contributed by atoms with Crippen LogP contribution in [-0.4, -0.2) is 24.7 Å². The smallest absolute Gasteiger partial charge is 0.0591 e. The number of nitrogens with one attached hydrogen (secondary N) is 1. The third kappa shape index (κ3) is 5.24. The lowest BCUT2D eigenvalue weighted by Crippen LogP contribution is -2.24. The topological polar surface area (TPSA) is 34.1 Å². The third-order valence-electron chi connectivity index (χ3n) is 2.28. The highest BCUT2D eigenvalue weighted by molar-refractivity contribution is 5.07. The molecule has 0 bridgehead atoms. The SMILES string of the molecule is CC(C)COCCN[C@H](C)c1ccccn1. The zero-order chi connectivity index (χ0) is 11.8. The molecule has 1 aromatic heterocycles. The molecule has 0 saturated heterocycles. The molecule has 0 saturated carbocycles. The van der Waals surface area contributed by atoms with E-state index in [1.54, 1.807) is 0 Å². The molecule has 1 heterocycles. The predicted octanol–water partition coefficient (Wildman–Crippen LogP) is 2.40. The molecule has 1 N–H and O–H groups in total. The van der Waals surface area contributed by atoms with Crippen molar-refractivity contribution in [2.45, 2.75) is 26.8 Å². The van der Waals surface area contributed by atoms with Crippen molar-refractivity contribution in [2.24, 2.45) is 5.92 Å². The van der Waals surface area contributed by atoms with E-state index in [0.717, 1.165) is 25.5 Å². The number of pyridine rings is 1. The summed E-state index contributed by atoms with van der Waals surface area (Å²) in [5.74, 6) is 0.605. The minimum atomic E-state index is 0.281. The molecule has 0 aliphatic rings. The van der Waals surface area contributed by atoms with Gasteiger partial charge in [0.2, 0.25) is 0 Å². The first-order valence-electron chi connectivity index (χ1n) is 5.92. The average Bonchev–Trinajstić information content (AvgIpc) is 2.29. The van der Waals surface area contributed by atoms with Gasteiger partial charge in [-0.25, -0.2) is 0 Å². The molecule has 0 spiro atoms. The van der Waals surface area contributed by atoms with Gasteiger partial charge in [0.25, 0.3) is 0 Å². The molecule has 0 aromatic carbocycles. The number of hydrogen-bond donors (Lipinski definition) is 1. The van der Waals surface area contributed by atoms with E-state index in [1.807, 2.05) is 24.4 Å². The molecular formula is C13H22N2O. The minimum absolute atomic E-state index is 0.281. The molecule has 1 rings (SSSR count). The van der Waals surface area contributed by atoms with Crippen LogP contribution < -0.4 is 5.32 Å². The summed E-state index contributed by atoms with van der Waals surface area (Å²) in [4.78, 5) is 4.30. The van der Waals surface area contributed by atoms with E-state index in [-0.39, 0.29) is 6.04 Å². The number of rotatable bonds is 7. The van der Waals surface area contributed by atoms with Crippen molar-refractivity contribution in [1.29, 1.82) is 0 Å². The molecule has 0 fully saturated rings. The van der Waals surface area contributed by atoms with Gasteiger partial charge in [-0.2, -0.15) is 0 Å². The molecule has 0 aliphatic heterocycles. The molecule has 16 heavy (non-hydrogen) atoms. The van der Waals surface area contributed by atoms with Crippen molar-refractivity contribution in [2.75, 3.05) is 19.8 Å². The van der Waals surface area contributed by atoms with Crippen molar-refractivity contribution >= 4 is 0 Å². The van der Waals surface area contributed by atoms with Crippen LogP contribution in [0.15, 0.2) is 24.4 Å². The normalized spacial score (nSPS) is 13.0. The second-order valence-electron chi connectivity index (χ2n) is 4.40. The molecule has 1 atom stereocenters. The quantitative estimate of drug-likeness (QED) is 0.719. The lowest BCUT2D eigenvalue weighted by atomic mass is 10.2. The van der Waals surface area contributed by atoms with Gasteiger partial charge in [0.05, 0.1) is 12.3 Å². The summed E-state index contributed by atoms with van der Waals surface area (Å²) in [6.45, 7) is 8.89. The standard InChI is InChI=1S/C13H22N2O/c1-11(2)10-16-9-8-14-12(3)13-6-4-5-7-15-13/h4-7,11-12,14H,8-10H2,1-3H3/t12-/m1/s1. The Morgan fingerprint density at radius 2 is 2.12 bits per heavy atom. The van der Waals surface area contributed by atoms with E-state index in [9.17, 15) is 0 Å². The maximum atomic E-state index is 5.50. The van der Waals surface area contributed by atoms with Crippen LogP contribution in [0, 0.1) is 5.92 Å². The maximum absolute atomic E-state index is 5.50. The highest BCUT2D eigenvalue weighted by atomic mass is 16.5. The second kappa shape index (κ2) is 7.36. The largest absolute Gasteiger partial charge is 0.380 e. The van der Waals surface area contributed by atoms with Gasteiger partial charge in [0.15, 0.2) is 0 Å². The van der Waals surface area contributed by atoms with Gasteiger partial charge in [0.1, 0.15) is 0 Å². The molecule has 3 nitrogen and oxygen atoms in total. The van der Waals surface area contributed by atoms with Gasteiger partial charge in [-0.3, -0.25) is 4.98 Å². The summed E-state index contributed by atoms with van der Waals surface area (Å²) in [6, 6.07) is 6.26. The molecule has 0 unspecified atom stereocenters. The van der Waals surface area contributed by atoms with E-state index in [0.29, 0.717) is 5.92 Å². The molecular weight excluding hydrogens is 200 g/mol. The van der Waals surface area contributed by atoms with Crippen molar-refractivity contribution in [3.8, 4) is 0 Å².